The molecule has 1 aliphatic heterocycles. The van der Waals surface area contributed by atoms with Crippen LogP contribution in [0, 0.1) is 5.92 Å². The summed E-state index contributed by atoms with van der Waals surface area (Å²) in [5, 5.41) is 0. The maximum atomic E-state index is 12.9. The molecular weight excluding hydrogens is 384 g/mol. The van der Waals surface area contributed by atoms with E-state index in [1.54, 1.807) is 0 Å². The summed E-state index contributed by atoms with van der Waals surface area (Å²) in [6, 6.07) is 18.0. The Balaban J connectivity index is 1.88. The van der Waals surface area contributed by atoms with E-state index in [1.165, 1.54) is 6.26 Å². The average molecular weight is 415 g/mol. The molecule has 0 radical (unpaired) electrons. The van der Waals surface area contributed by atoms with Gasteiger partial charge in [-0.2, -0.15) is 0 Å². The van der Waals surface area contributed by atoms with E-state index in [4.69, 9.17) is 0 Å². The normalized spacial score (nSPS) is 20.6. The van der Waals surface area contributed by atoms with E-state index in [0.29, 0.717) is 19.4 Å². The quantitative estimate of drug-likeness (QED) is 0.754. The number of sulfonamides is 1. The number of nitrogens with zero attached hydrogens (tertiary/aromatic N) is 1. The molecule has 1 fully saturated rings. The predicted molar refractivity (Wildman–Crippen MR) is 117 cm³/mol. The molecule has 6 heteroatoms. The van der Waals surface area contributed by atoms with Gasteiger partial charge in [0.15, 0.2) is 0 Å². The van der Waals surface area contributed by atoms with Gasteiger partial charge in [0.2, 0.25) is 15.9 Å². The van der Waals surface area contributed by atoms with Gasteiger partial charge < -0.3 is 4.90 Å². The summed E-state index contributed by atoms with van der Waals surface area (Å²) in [5.41, 5.74) is 3.35. The van der Waals surface area contributed by atoms with Gasteiger partial charge in [-0.1, -0.05) is 68.4 Å². The third-order valence-electron chi connectivity index (χ3n) is 5.71. The summed E-state index contributed by atoms with van der Waals surface area (Å²) < 4.78 is 26.5. The Kier molecular flexibility index (Phi) is 6.75. The number of likely N-dealkylation sites (tertiary alicyclic amines) is 1. The first-order valence-corrected chi connectivity index (χ1v) is 12.1. The molecule has 0 bridgehead atoms. The zero-order valence-electron chi connectivity index (χ0n) is 17.3. The van der Waals surface area contributed by atoms with Crippen molar-refractivity contribution in [1.82, 2.24) is 9.62 Å². The number of benzene rings is 2. The number of nitrogens with one attached hydrogen (secondary N) is 1. The van der Waals surface area contributed by atoms with Crippen molar-refractivity contribution in [1.29, 1.82) is 0 Å². The highest BCUT2D eigenvalue weighted by atomic mass is 32.2. The molecule has 1 amide bonds. The van der Waals surface area contributed by atoms with Gasteiger partial charge in [0.1, 0.15) is 0 Å². The highest BCUT2D eigenvalue weighted by molar-refractivity contribution is 7.88. The van der Waals surface area contributed by atoms with E-state index < -0.39 is 10.0 Å². The van der Waals surface area contributed by atoms with E-state index in [0.717, 1.165) is 23.1 Å². The molecule has 29 heavy (non-hydrogen) atoms. The van der Waals surface area contributed by atoms with Crippen LogP contribution in [0.15, 0.2) is 54.6 Å². The minimum absolute atomic E-state index is 0.0647. The summed E-state index contributed by atoms with van der Waals surface area (Å²) in [6.07, 6.45) is 3.21. The van der Waals surface area contributed by atoms with Gasteiger partial charge in [0.25, 0.3) is 0 Å². The van der Waals surface area contributed by atoms with Crippen molar-refractivity contribution in [2.75, 3.05) is 12.8 Å². The van der Waals surface area contributed by atoms with Crippen molar-refractivity contribution in [3.63, 3.8) is 0 Å². The summed E-state index contributed by atoms with van der Waals surface area (Å²) in [4.78, 5) is 14.8. The second-order valence-electron chi connectivity index (χ2n) is 7.96. The van der Waals surface area contributed by atoms with E-state index in [-0.39, 0.29) is 23.9 Å². The van der Waals surface area contributed by atoms with Gasteiger partial charge >= 0.3 is 0 Å². The minimum Gasteiger partial charge on any atom is -0.337 e. The van der Waals surface area contributed by atoms with Crippen LogP contribution in [0.1, 0.15) is 32.3 Å². The van der Waals surface area contributed by atoms with Crippen LogP contribution in [0.5, 0.6) is 0 Å². The van der Waals surface area contributed by atoms with E-state index >= 15 is 0 Å². The standard InChI is InChI=1S/C23H30N2O3S/c1-4-17(2)23(26)25-14-13-21(24-29(3,27)28)22(25)16-18-9-8-12-20(15-18)19-10-6-5-7-11-19/h5-12,15,17,21-22,24H,4,13-14,16H2,1-3H3/t17-,21-,22-/m0/s1. The van der Waals surface area contributed by atoms with Crippen molar-refractivity contribution in [3.05, 3.63) is 60.2 Å². The molecule has 1 saturated heterocycles. The molecule has 3 rings (SSSR count). The zero-order valence-corrected chi connectivity index (χ0v) is 18.2. The van der Waals surface area contributed by atoms with Crippen LogP contribution in [-0.4, -0.2) is 44.1 Å². The number of rotatable bonds is 7. The number of carbonyl (C=O) groups is 1. The number of carbonyl (C=O) groups excluding carboxylic acids is 1. The molecule has 3 atom stereocenters. The molecule has 5 nitrogen and oxygen atoms in total. The molecule has 1 heterocycles. The first-order valence-electron chi connectivity index (χ1n) is 10.2. The van der Waals surface area contributed by atoms with Gasteiger partial charge in [-0.25, -0.2) is 13.1 Å². The summed E-state index contributed by atoms with van der Waals surface area (Å²) >= 11 is 0. The van der Waals surface area contributed by atoms with Crippen molar-refractivity contribution >= 4 is 15.9 Å². The van der Waals surface area contributed by atoms with Crippen LogP contribution in [0.4, 0.5) is 0 Å². The summed E-state index contributed by atoms with van der Waals surface area (Å²) in [7, 11) is -3.35. The molecule has 0 aliphatic carbocycles. The van der Waals surface area contributed by atoms with E-state index in [9.17, 15) is 13.2 Å². The van der Waals surface area contributed by atoms with Gasteiger partial charge in [-0.3, -0.25) is 4.79 Å². The van der Waals surface area contributed by atoms with Crippen LogP contribution in [0.2, 0.25) is 0 Å². The Labute approximate surface area is 174 Å². The fourth-order valence-corrected chi connectivity index (χ4v) is 4.82. The van der Waals surface area contributed by atoms with Gasteiger partial charge in [-0.15, -0.1) is 0 Å². The molecule has 1 aliphatic rings. The second-order valence-corrected chi connectivity index (χ2v) is 9.74. The molecular formula is C23H30N2O3S. The third kappa shape index (κ3) is 5.46. The summed E-state index contributed by atoms with van der Waals surface area (Å²) in [6.45, 7) is 4.52. The van der Waals surface area contributed by atoms with Crippen LogP contribution >= 0.6 is 0 Å². The Bertz CT molecular complexity index is 944. The number of amides is 1. The fraction of sp³-hybridized carbons (Fsp3) is 0.435. The van der Waals surface area contributed by atoms with Crippen molar-refractivity contribution in [2.24, 2.45) is 5.92 Å². The molecule has 0 aromatic heterocycles. The Morgan fingerprint density at radius 1 is 1.14 bits per heavy atom. The molecule has 156 valence electrons. The second kappa shape index (κ2) is 9.09. The van der Waals surface area contributed by atoms with Gasteiger partial charge in [-0.05, 0) is 36.0 Å². The predicted octanol–water partition coefficient (Wildman–Crippen LogP) is 3.46. The highest BCUT2D eigenvalue weighted by Crippen LogP contribution is 2.27. The van der Waals surface area contributed by atoms with Crippen molar-refractivity contribution in [3.8, 4) is 11.1 Å². The largest absolute Gasteiger partial charge is 0.337 e. The SMILES string of the molecule is CC[C@H](C)C(=O)N1CC[C@H](NS(C)(=O)=O)[C@@H]1Cc1cccc(-c2ccccc2)c1. The molecule has 2 aromatic rings. The number of hydrogen-bond donors (Lipinski definition) is 1. The zero-order chi connectivity index (χ0) is 21.0. The maximum absolute atomic E-state index is 12.9. The van der Waals surface area contributed by atoms with Crippen molar-refractivity contribution < 1.29 is 13.2 Å². The summed E-state index contributed by atoms with van der Waals surface area (Å²) in [5.74, 6) is 0.0413. The Hall–Kier alpha value is -2.18. The van der Waals surface area contributed by atoms with Gasteiger partial charge in [0.05, 0.1) is 12.3 Å². The molecule has 0 spiro atoms. The molecule has 0 saturated carbocycles. The van der Waals surface area contributed by atoms with E-state index in [1.807, 2.05) is 49.1 Å². The number of hydrogen-bond acceptors (Lipinski definition) is 3. The average Bonchev–Trinajstić information content (AvgIpc) is 3.08. The van der Waals surface area contributed by atoms with E-state index in [2.05, 4.69) is 29.0 Å². The van der Waals surface area contributed by atoms with Crippen LogP contribution < -0.4 is 4.72 Å². The minimum atomic E-state index is -3.35. The highest BCUT2D eigenvalue weighted by Gasteiger charge is 2.39. The lowest BCUT2D eigenvalue weighted by Gasteiger charge is -2.30. The topological polar surface area (TPSA) is 66.5 Å². The smallest absolute Gasteiger partial charge is 0.225 e. The van der Waals surface area contributed by atoms with Crippen LogP contribution in [0.3, 0.4) is 0 Å². The Morgan fingerprint density at radius 2 is 1.83 bits per heavy atom. The molecule has 1 N–H and O–H groups in total. The first-order chi connectivity index (χ1) is 13.8. The Morgan fingerprint density at radius 3 is 2.48 bits per heavy atom. The lowest BCUT2D eigenvalue weighted by atomic mass is 9.96. The van der Waals surface area contributed by atoms with Crippen LogP contribution in [0.25, 0.3) is 11.1 Å². The lowest BCUT2D eigenvalue weighted by Crippen LogP contribution is -2.48. The van der Waals surface area contributed by atoms with Crippen LogP contribution in [-0.2, 0) is 21.2 Å². The molecule has 2 aromatic carbocycles. The van der Waals surface area contributed by atoms with Crippen molar-refractivity contribution in [2.45, 2.75) is 45.2 Å². The first kappa shape index (κ1) is 21.5. The third-order valence-corrected chi connectivity index (χ3v) is 6.44. The fourth-order valence-electron chi connectivity index (χ4n) is 4.00. The lowest BCUT2D eigenvalue weighted by molar-refractivity contribution is -0.136. The maximum Gasteiger partial charge on any atom is 0.225 e. The van der Waals surface area contributed by atoms with Gasteiger partial charge in [0, 0.05) is 18.5 Å². The molecule has 0 unspecified atom stereocenters. The monoisotopic (exact) mass is 414 g/mol.